The summed E-state index contributed by atoms with van der Waals surface area (Å²) >= 11 is 0. The summed E-state index contributed by atoms with van der Waals surface area (Å²) in [6.07, 6.45) is 2.26. The first-order valence-electron chi connectivity index (χ1n) is 6.85. The molecule has 0 heterocycles. The van der Waals surface area contributed by atoms with E-state index in [1.54, 1.807) is 0 Å². The highest BCUT2D eigenvalue weighted by Gasteiger charge is 2.06. The Morgan fingerprint density at radius 2 is 1.89 bits per heavy atom. The number of ether oxygens (including phenoxy) is 1. The first-order valence-corrected chi connectivity index (χ1v) is 6.85. The van der Waals surface area contributed by atoms with Crippen molar-refractivity contribution in [3.63, 3.8) is 0 Å². The summed E-state index contributed by atoms with van der Waals surface area (Å²) < 4.78 is 5.61. The van der Waals surface area contributed by atoms with Gasteiger partial charge in [0.2, 0.25) is 0 Å². The second-order valence-electron chi connectivity index (χ2n) is 5.02. The van der Waals surface area contributed by atoms with Crippen molar-refractivity contribution in [2.75, 3.05) is 18.5 Å². The molecule has 0 bridgehead atoms. The van der Waals surface area contributed by atoms with Gasteiger partial charge < -0.3 is 15.8 Å². The van der Waals surface area contributed by atoms with Gasteiger partial charge in [-0.3, -0.25) is 0 Å². The maximum Gasteiger partial charge on any atom is 0.119 e. The van der Waals surface area contributed by atoms with Crippen molar-refractivity contribution in [1.82, 2.24) is 0 Å². The van der Waals surface area contributed by atoms with Gasteiger partial charge in [0.15, 0.2) is 0 Å². The molecule has 102 valence electrons. The summed E-state index contributed by atoms with van der Waals surface area (Å²) in [6.45, 7) is 8.03. The van der Waals surface area contributed by atoms with Crippen molar-refractivity contribution in [3.8, 4) is 5.75 Å². The molecule has 1 rings (SSSR count). The number of hydrogen-bond acceptors (Lipinski definition) is 3. The third-order valence-electron chi connectivity index (χ3n) is 3.02. The van der Waals surface area contributed by atoms with Crippen LogP contribution in [0.15, 0.2) is 24.3 Å². The highest BCUT2D eigenvalue weighted by molar-refractivity contribution is 5.46. The third kappa shape index (κ3) is 5.41. The number of anilines is 1. The Labute approximate surface area is 111 Å². The molecule has 0 amide bonds. The first kappa shape index (κ1) is 14.8. The van der Waals surface area contributed by atoms with Crippen molar-refractivity contribution in [2.24, 2.45) is 11.7 Å². The van der Waals surface area contributed by atoms with Gasteiger partial charge in [-0.1, -0.05) is 27.2 Å². The van der Waals surface area contributed by atoms with Crippen LogP contribution in [0, 0.1) is 5.92 Å². The smallest absolute Gasteiger partial charge is 0.119 e. The summed E-state index contributed by atoms with van der Waals surface area (Å²) in [4.78, 5) is 0. The predicted molar refractivity (Wildman–Crippen MR) is 78.1 cm³/mol. The zero-order valence-electron chi connectivity index (χ0n) is 11.8. The molecule has 3 heteroatoms. The number of nitrogens with one attached hydrogen (secondary N) is 1. The molecule has 0 saturated heterocycles. The fourth-order valence-corrected chi connectivity index (χ4v) is 1.47. The molecule has 0 aliphatic rings. The van der Waals surface area contributed by atoms with Crippen LogP contribution >= 0.6 is 0 Å². The highest BCUT2D eigenvalue weighted by atomic mass is 16.5. The van der Waals surface area contributed by atoms with Crippen molar-refractivity contribution in [3.05, 3.63) is 24.3 Å². The Morgan fingerprint density at radius 3 is 2.44 bits per heavy atom. The quantitative estimate of drug-likeness (QED) is 0.696. The van der Waals surface area contributed by atoms with Gasteiger partial charge >= 0.3 is 0 Å². The molecule has 3 N–H and O–H groups in total. The van der Waals surface area contributed by atoms with Gasteiger partial charge in [0.05, 0.1) is 6.61 Å². The zero-order valence-corrected chi connectivity index (χ0v) is 11.8. The Morgan fingerprint density at radius 1 is 1.22 bits per heavy atom. The minimum Gasteiger partial charge on any atom is -0.494 e. The van der Waals surface area contributed by atoms with E-state index >= 15 is 0 Å². The van der Waals surface area contributed by atoms with Crippen LogP contribution in [0.25, 0.3) is 0 Å². The second-order valence-corrected chi connectivity index (χ2v) is 5.02. The van der Waals surface area contributed by atoms with Crippen molar-refractivity contribution >= 4 is 5.69 Å². The van der Waals surface area contributed by atoms with Gasteiger partial charge in [-0.2, -0.15) is 0 Å². The largest absolute Gasteiger partial charge is 0.494 e. The molecule has 0 radical (unpaired) electrons. The van der Waals surface area contributed by atoms with Crippen LogP contribution in [0.1, 0.15) is 33.6 Å². The lowest BCUT2D eigenvalue weighted by molar-refractivity contribution is 0.309. The SMILES string of the molecule is CCCCOc1ccc(NCC(N)C(C)C)cc1. The fraction of sp³-hybridized carbons (Fsp3) is 0.600. The number of unbranched alkanes of at least 4 members (excludes halogenated alkanes) is 1. The normalized spacial score (nSPS) is 12.5. The van der Waals surface area contributed by atoms with E-state index in [4.69, 9.17) is 10.5 Å². The van der Waals surface area contributed by atoms with E-state index in [9.17, 15) is 0 Å². The van der Waals surface area contributed by atoms with Gasteiger partial charge in [-0.25, -0.2) is 0 Å². The van der Waals surface area contributed by atoms with Crippen molar-refractivity contribution < 1.29 is 4.74 Å². The lowest BCUT2D eigenvalue weighted by atomic mass is 10.1. The molecule has 1 atom stereocenters. The average molecular weight is 250 g/mol. The van der Waals surface area contributed by atoms with E-state index in [1.165, 1.54) is 0 Å². The van der Waals surface area contributed by atoms with Crippen LogP contribution in [0.5, 0.6) is 5.75 Å². The molecule has 1 aromatic rings. The number of rotatable bonds is 8. The second kappa shape index (κ2) is 7.98. The molecule has 18 heavy (non-hydrogen) atoms. The Bertz CT molecular complexity index is 322. The van der Waals surface area contributed by atoms with Crippen molar-refractivity contribution in [1.29, 1.82) is 0 Å². The molecule has 0 aromatic heterocycles. The van der Waals surface area contributed by atoms with Gasteiger partial charge in [-0.15, -0.1) is 0 Å². The maximum atomic E-state index is 5.99. The van der Waals surface area contributed by atoms with Gasteiger partial charge in [0.1, 0.15) is 5.75 Å². The Hall–Kier alpha value is -1.22. The van der Waals surface area contributed by atoms with E-state index in [0.29, 0.717) is 5.92 Å². The topological polar surface area (TPSA) is 47.3 Å². The summed E-state index contributed by atoms with van der Waals surface area (Å²) in [5, 5.41) is 3.34. The van der Waals surface area contributed by atoms with E-state index < -0.39 is 0 Å². The van der Waals surface area contributed by atoms with Gasteiger partial charge in [0.25, 0.3) is 0 Å². The molecule has 0 fully saturated rings. The van der Waals surface area contributed by atoms with Crippen LogP contribution in [0.3, 0.4) is 0 Å². The molecule has 0 aliphatic carbocycles. The molecule has 0 spiro atoms. The summed E-state index contributed by atoms with van der Waals surface area (Å²) in [7, 11) is 0. The van der Waals surface area contributed by atoms with Crippen LogP contribution in [-0.2, 0) is 0 Å². The Kier molecular flexibility index (Phi) is 6.58. The van der Waals surface area contributed by atoms with Crippen molar-refractivity contribution in [2.45, 2.75) is 39.7 Å². The monoisotopic (exact) mass is 250 g/mol. The van der Waals surface area contributed by atoms with Crippen LogP contribution in [0.4, 0.5) is 5.69 Å². The van der Waals surface area contributed by atoms with E-state index in [1.807, 2.05) is 24.3 Å². The minimum atomic E-state index is 0.186. The fourth-order valence-electron chi connectivity index (χ4n) is 1.47. The van der Waals surface area contributed by atoms with Crippen LogP contribution in [-0.4, -0.2) is 19.2 Å². The maximum absolute atomic E-state index is 5.99. The molecular weight excluding hydrogens is 224 g/mol. The highest BCUT2D eigenvalue weighted by Crippen LogP contribution is 2.16. The lowest BCUT2D eigenvalue weighted by Crippen LogP contribution is -2.33. The lowest BCUT2D eigenvalue weighted by Gasteiger charge is -2.17. The number of hydrogen-bond donors (Lipinski definition) is 2. The minimum absolute atomic E-state index is 0.186. The average Bonchev–Trinajstić information content (AvgIpc) is 2.37. The summed E-state index contributed by atoms with van der Waals surface area (Å²) in [5.41, 5.74) is 7.08. The van der Waals surface area contributed by atoms with Crippen LogP contribution in [0.2, 0.25) is 0 Å². The standard InChI is InChI=1S/C15H26N2O/c1-4-5-10-18-14-8-6-13(7-9-14)17-11-15(16)12(2)3/h6-9,12,15,17H,4-5,10-11,16H2,1-3H3. The molecule has 0 aliphatic heterocycles. The zero-order chi connectivity index (χ0) is 13.4. The number of nitrogens with two attached hydrogens (primary N) is 1. The summed E-state index contributed by atoms with van der Waals surface area (Å²) in [6, 6.07) is 8.26. The van der Waals surface area contributed by atoms with Crippen LogP contribution < -0.4 is 15.8 Å². The number of benzene rings is 1. The van der Waals surface area contributed by atoms with E-state index in [0.717, 1.165) is 37.4 Å². The predicted octanol–water partition coefficient (Wildman–Crippen LogP) is 3.26. The molecule has 1 unspecified atom stereocenters. The molecule has 3 nitrogen and oxygen atoms in total. The first-order chi connectivity index (χ1) is 8.63. The van der Waals surface area contributed by atoms with E-state index in [2.05, 4.69) is 26.1 Å². The molecular formula is C15H26N2O. The molecule has 0 saturated carbocycles. The Balaban J connectivity index is 2.35. The van der Waals surface area contributed by atoms with E-state index in [-0.39, 0.29) is 6.04 Å². The summed E-state index contributed by atoms with van der Waals surface area (Å²) in [5.74, 6) is 1.43. The van der Waals surface area contributed by atoms with Gasteiger partial charge in [-0.05, 0) is 36.6 Å². The van der Waals surface area contributed by atoms with Gasteiger partial charge in [0, 0.05) is 18.3 Å². The molecule has 1 aromatic carbocycles. The third-order valence-corrected chi connectivity index (χ3v) is 3.02.